The molecule has 2 atom stereocenters. The van der Waals surface area contributed by atoms with Crippen molar-refractivity contribution in [1.82, 2.24) is 0 Å². The number of unbranched alkanes of at least 4 members (excludes halogenated alkanes) is 2. The van der Waals surface area contributed by atoms with Gasteiger partial charge in [0.25, 0.3) is 0 Å². The Morgan fingerprint density at radius 1 is 1.35 bits per heavy atom. The zero-order chi connectivity index (χ0) is 17.3. The van der Waals surface area contributed by atoms with Crippen LogP contribution < -0.4 is 0 Å². The van der Waals surface area contributed by atoms with Crippen LogP contribution in [0.4, 0.5) is 0 Å². The van der Waals surface area contributed by atoms with Crippen molar-refractivity contribution in [2.24, 2.45) is 17.3 Å². The van der Waals surface area contributed by atoms with E-state index >= 15 is 0 Å². The molecular formula is C20H34O3. The maximum absolute atomic E-state index is 12.1. The maximum Gasteiger partial charge on any atom is 0.314 e. The second-order valence-electron chi connectivity index (χ2n) is 7.14. The third-order valence-electron chi connectivity index (χ3n) is 5.05. The second kappa shape index (κ2) is 9.92. The van der Waals surface area contributed by atoms with E-state index in [1.54, 1.807) is 7.11 Å². The lowest BCUT2D eigenvalue weighted by atomic mass is 9.64. The molecule has 2 unspecified atom stereocenters. The molecule has 0 fully saturated rings. The summed E-state index contributed by atoms with van der Waals surface area (Å²) in [6.45, 7) is 7.23. The number of allylic oxidation sites excluding steroid dienone is 2. The SMILES string of the molecule is CCC1C(CCOC)=CC=CC1(CCCCCC(C)C)C(=O)O. The molecule has 1 N–H and O–H groups in total. The largest absolute Gasteiger partial charge is 0.481 e. The molecule has 132 valence electrons. The Bertz CT molecular complexity index is 423. The van der Waals surface area contributed by atoms with E-state index in [-0.39, 0.29) is 5.92 Å². The molecule has 0 aromatic carbocycles. The highest BCUT2D eigenvalue weighted by atomic mass is 16.5. The Morgan fingerprint density at radius 3 is 2.65 bits per heavy atom. The van der Waals surface area contributed by atoms with Crippen LogP contribution in [0.2, 0.25) is 0 Å². The fraction of sp³-hybridized carbons (Fsp3) is 0.750. The van der Waals surface area contributed by atoms with Crippen LogP contribution in [0.3, 0.4) is 0 Å². The van der Waals surface area contributed by atoms with Gasteiger partial charge in [-0.3, -0.25) is 4.79 Å². The minimum atomic E-state index is -0.732. The Labute approximate surface area is 141 Å². The third kappa shape index (κ3) is 5.49. The number of hydrogen-bond donors (Lipinski definition) is 1. The zero-order valence-corrected chi connectivity index (χ0v) is 15.3. The van der Waals surface area contributed by atoms with Crippen molar-refractivity contribution in [3.05, 3.63) is 23.8 Å². The van der Waals surface area contributed by atoms with E-state index in [0.717, 1.165) is 38.0 Å². The summed E-state index contributed by atoms with van der Waals surface area (Å²) < 4.78 is 5.19. The summed E-state index contributed by atoms with van der Waals surface area (Å²) in [5.41, 5.74) is 0.492. The monoisotopic (exact) mass is 322 g/mol. The highest BCUT2D eigenvalue weighted by molar-refractivity contribution is 5.78. The van der Waals surface area contributed by atoms with Gasteiger partial charge in [-0.15, -0.1) is 0 Å². The predicted molar refractivity (Wildman–Crippen MR) is 95.5 cm³/mol. The fourth-order valence-electron chi connectivity index (χ4n) is 3.74. The smallest absolute Gasteiger partial charge is 0.314 e. The number of carboxylic acids is 1. The van der Waals surface area contributed by atoms with E-state index in [4.69, 9.17) is 4.74 Å². The van der Waals surface area contributed by atoms with Gasteiger partial charge in [-0.05, 0) is 31.1 Å². The summed E-state index contributed by atoms with van der Waals surface area (Å²) >= 11 is 0. The standard InChI is InChI=1S/C20H34O3/c1-5-18-17(12-15-23-4)11-9-14-20(18,19(21)22)13-8-6-7-10-16(2)3/h9,11,14,16,18H,5-8,10,12-13,15H2,1-4H3,(H,21,22). The highest BCUT2D eigenvalue weighted by Gasteiger charge is 2.44. The van der Waals surface area contributed by atoms with Crippen LogP contribution in [0.15, 0.2) is 23.8 Å². The van der Waals surface area contributed by atoms with Crippen LogP contribution in [-0.4, -0.2) is 24.8 Å². The molecule has 0 spiro atoms. The third-order valence-corrected chi connectivity index (χ3v) is 5.05. The van der Waals surface area contributed by atoms with Crippen molar-refractivity contribution in [1.29, 1.82) is 0 Å². The summed E-state index contributed by atoms with van der Waals surface area (Å²) in [5, 5.41) is 9.97. The number of rotatable bonds is 11. The summed E-state index contributed by atoms with van der Waals surface area (Å²) in [6.07, 6.45) is 12.9. The number of carbonyl (C=O) groups is 1. The molecule has 23 heavy (non-hydrogen) atoms. The molecule has 0 heterocycles. The summed E-state index contributed by atoms with van der Waals surface area (Å²) in [7, 11) is 1.69. The lowest BCUT2D eigenvalue weighted by Gasteiger charge is -2.38. The van der Waals surface area contributed by atoms with E-state index in [2.05, 4.69) is 26.8 Å². The van der Waals surface area contributed by atoms with Gasteiger partial charge >= 0.3 is 5.97 Å². The Hall–Kier alpha value is -1.09. The van der Waals surface area contributed by atoms with Crippen LogP contribution in [-0.2, 0) is 9.53 Å². The topological polar surface area (TPSA) is 46.5 Å². The van der Waals surface area contributed by atoms with Gasteiger partial charge in [0.2, 0.25) is 0 Å². The molecule has 1 aliphatic rings. The Morgan fingerprint density at radius 2 is 2.09 bits per heavy atom. The lowest BCUT2D eigenvalue weighted by Crippen LogP contribution is -2.39. The maximum atomic E-state index is 12.1. The molecule has 3 nitrogen and oxygen atoms in total. The van der Waals surface area contributed by atoms with E-state index in [9.17, 15) is 9.90 Å². The molecule has 1 aliphatic carbocycles. The van der Waals surface area contributed by atoms with E-state index in [1.165, 1.54) is 18.4 Å². The molecule has 0 aliphatic heterocycles. The van der Waals surface area contributed by atoms with Crippen molar-refractivity contribution >= 4 is 5.97 Å². The average molecular weight is 322 g/mol. The minimum absolute atomic E-state index is 0.0882. The van der Waals surface area contributed by atoms with Gasteiger partial charge in [0.1, 0.15) is 0 Å². The highest BCUT2D eigenvalue weighted by Crippen LogP contribution is 2.45. The predicted octanol–water partition coefficient (Wildman–Crippen LogP) is 5.22. The molecule has 3 heteroatoms. The lowest BCUT2D eigenvalue weighted by molar-refractivity contribution is -0.149. The summed E-state index contributed by atoms with van der Waals surface area (Å²) in [4.78, 5) is 12.1. The molecule has 0 saturated heterocycles. The molecule has 0 aromatic rings. The molecule has 1 rings (SSSR count). The quantitative estimate of drug-likeness (QED) is 0.530. The molecule has 0 radical (unpaired) electrons. The molecule has 0 amide bonds. The minimum Gasteiger partial charge on any atom is -0.481 e. The second-order valence-corrected chi connectivity index (χ2v) is 7.14. The summed E-state index contributed by atoms with van der Waals surface area (Å²) in [6, 6.07) is 0. The van der Waals surface area contributed by atoms with E-state index in [1.807, 2.05) is 12.2 Å². The van der Waals surface area contributed by atoms with Gasteiger partial charge in [0, 0.05) is 13.7 Å². The first kappa shape index (κ1) is 20.0. The normalized spacial score (nSPS) is 24.0. The van der Waals surface area contributed by atoms with Gasteiger partial charge in [-0.1, -0.05) is 70.3 Å². The number of carboxylic acid groups (broad SMARTS) is 1. The Kier molecular flexibility index (Phi) is 8.60. The molecule has 0 saturated carbocycles. The first-order valence-corrected chi connectivity index (χ1v) is 9.08. The van der Waals surface area contributed by atoms with Gasteiger partial charge in [-0.2, -0.15) is 0 Å². The molecule has 0 aromatic heterocycles. The number of aliphatic carboxylic acids is 1. The van der Waals surface area contributed by atoms with E-state index in [0.29, 0.717) is 6.61 Å². The van der Waals surface area contributed by atoms with Gasteiger partial charge in [0.05, 0.1) is 5.41 Å². The van der Waals surface area contributed by atoms with E-state index < -0.39 is 11.4 Å². The van der Waals surface area contributed by atoms with Crippen molar-refractivity contribution in [3.8, 4) is 0 Å². The first-order chi connectivity index (χ1) is 11.0. The van der Waals surface area contributed by atoms with Crippen LogP contribution in [0.1, 0.15) is 65.7 Å². The average Bonchev–Trinajstić information content (AvgIpc) is 2.51. The van der Waals surface area contributed by atoms with Gasteiger partial charge < -0.3 is 9.84 Å². The number of hydrogen-bond acceptors (Lipinski definition) is 2. The summed E-state index contributed by atoms with van der Waals surface area (Å²) in [5.74, 6) is 0.141. The van der Waals surface area contributed by atoms with Crippen LogP contribution >= 0.6 is 0 Å². The zero-order valence-electron chi connectivity index (χ0n) is 15.3. The van der Waals surface area contributed by atoms with Gasteiger partial charge in [0.15, 0.2) is 0 Å². The number of ether oxygens (including phenoxy) is 1. The van der Waals surface area contributed by atoms with Crippen LogP contribution in [0.25, 0.3) is 0 Å². The van der Waals surface area contributed by atoms with Crippen molar-refractivity contribution in [2.75, 3.05) is 13.7 Å². The fourth-order valence-corrected chi connectivity index (χ4v) is 3.74. The Balaban J connectivity index is 2.76. The van der Waals surface area contributed by atoms with Crippen molar-refractivity contribution in [2.45, 2.75) is 65.7 Å². The van der Waals surface area contributed by atoms with Crippen LogP contribution in [0.5, 0.6) is 0 Å². The molecular weight excluding hydrogens is 288 g/mol. The molecule has 0 bridgehead atoms. The van der Waals surface area contributed by atoms with Gasteiger partial charge in [-0.25, -0.2) is 0 Å². The van der Waals surface area contributed by atoms with Crippen molar-refractivity contribution < 1.29 is 14.6 Å². The number of methoxy groups -OCH3 is 1. The van der Waals surface area contributed by atoms with Crippen LogP contribution in [0, 0.1) is 17.3 Å². The van der Waals surface area contributed by atoms with Crippen molar-refractivity contribution in [3.63, 3.8) is 0 Å². The first-order valence-electron chi connectivity index (χ1n) is 9.08.